The van der Waals surface area contributed by atoms with E-state index in [0.29, 0.717) is 6.42 Å². The van der Waals surface area contributed by atoms with Gasteiger partial charge in [-0.25, -0.2) is 4.79 Å². The quantitative estimate of drug-likeness (QED) is 0.381. The summed E-state index contributed by atoms with van der Waals surface area (Å²) in [6.45, 7) is 1.40. The van der Waals surface area contributed by atoms with Gasteiger partial charge in [-0.05, 0) is 12.5 Å². The van der Waals surface area contributed by atoms with Crippen LogP contribution in [0.1, 0.15) is 46.9 Å². The Morgan fingerprint density at radius 1 is 1.26 bits per heavy atom. The Morgan fingerprint density at radius 3 is 2.58 bits per heavy atom. The highest BCUT2D eigenvalue weighted by Gasteiger charge is 2.16. The molecule has 1 aromatic carbocycles. The fourth-order valence-corrected chi connectivity index (χ4v) is 1.44. The zero-order chi connectivity index (χ0) is 14.1. The molecule has 1 rings (SSSR count). The van der Waals surface area contributed by atoms with E-state index in [-0.39, 0.29) is 11.1 Å². The van der Waals surface area contributed by atoms with Gasteiger partial charge in [0.15, 0.2) is 5.78 Å². The Labute approximate surface area is 112 Å². The summed E-state index contributed by atoms with van der Waals surface area (Å²) in [5.41, 5.74) is 0.261. The van der Waals surface area contributed by atoms with Gasteiger partial charge in [-0.2, -0.15) is 0 Å². The van der Waals surface area contributed by atoms with Gasteiger partial charge in [-0.3, -0.25) is 4.79 Å². The Hall–Kier alpha value is -2.12. The van der Waals surface area contributed by atoms with Crippen molar-refractivity contribution in [2.24, 2.45) is 0 Å². The maximum atomic E-state index is 11.8. The van der Waals surface area contributed by atoms with Gasteiger partial charge in [0.05, 0.1) is 5.56 Å². The second-order valence-electron chi connectivity index (χ2n) is 3.90. The first-order valence-corrected chi connectivity index (χ1v) is 6.12. The predicted molar refractivity (Wildman–Crippen MR) is 70.6 cm³/mol. The van der Waals surface area contributed by atoms with Crippen molar-refractivity contribution in [2.75, 3.05) is 6.61 Å². The van der Waals surface area contributed by atoms with E-state index in [4.69, 9.17) is 9.84 Å². The minimum Gasteiger partial charge on any atom is -0.388 e. The lowest BCUT2D eigenvalue weighted by atomic mass is 10.0. The van der Waals surface area contributed by atoms with Crippen molar-refractivity contribution in [1.29, 1.82) is 0 Å². The molecule has 19 heavy (non-hydrogen) atoms. The van der Waals surface area contributed by atoms with Gasteiger partial charge in [0.25, 0.3) is 0 Å². The molecule has 0 fully saturated rings. The molecule has 0 spiro atoms. The first kappa shape index (κ1) is 14.9. The monoisotopic (exact) mass is 260 g/mol. The number of unbranched alkanes of at least 4 members (excludes halogenated alkanes) is 2. The fourth-order valence-electron chi connectivity index (χ4n) is 1.44. The zero-order valence-electron chi connectivity index (χ0n) is 10.8. The van der Waals surface area contributed by atoms with E-state index < -0.39 is 18.4 Å². The Morgan fingerprint density at radius 2 is 1.95 bits per heavy atom. The van der Waals surface area contributed by atoms with Crippen molar-refractivity contribution in [3.8, 4) is 12.0 Å². The number of Topliss-reactive ketones (excluding diaryl/α,β-unsaturated/α-hetero) is 1. The number of hydrogen-bond donors (Lipinski definition) is 1. The molecule has 0 amide bonds. The lowest BCUT2D eigenvalue weighted by Gasteiger charge is -2.03. The highest BCUT2D eigenvalue weighted by molar-refractivity contribution is 6.06. The second-order valence-corrected chi connectivity index (χ2v) is 3.90. The largest absolute Gasteiger partial charge is 0.388 e. The molecule has 0 aromatic heterocycles. The number of aliphatic hydroxyl groups excluding tert-OH is 1. The molecule has 4 nitrogen and oxygen atoms in total. The Balaban J connectivity index is 2.76. The van der Waals surface area contributed by atoms with Crippen LogP contribution in [0.4, 0.5) is 0 Å². The predicted octanol–water partition coefficient (Wildman–Crippen LogP) is 2.17. The molecule has 0 unspecified atom stereocenters. The van der Waals surface area contributed by atoms with Gasteiger partial charge in [-0.15, -0.1) is 0 Å². The molecular weight excluding hydrogens is 244 g/mol. The van der Waals surface area contributed by atoms with E-state index in [1.54, 1.807) is 12.1 Å². The molecule has 0 saturated carbocycles. The zero-order valence-corrected chi connectivity index (χ0v) is 10.8. The number of carbonyl (C=O) groups excluding carboxylic acids is 2. The SMILES string of the molecule is CCCCC#COC(=O)c1ccccc1C(=O)CO. The van der Waals surface area contributed by atoms with Crippen LogP contribution in [0, 0.1) is 12.0 Å². The van der Waals surface area contributed by atoms with Gasteiger partial charge < -0.3 is 9.84 Å². The summed E-state index contributed by atoms with van der Waals surface area (Å²) in [6.07, 6.45) is 4.97. The summed E-state index contributed by atoms with van der Waals surface area (Å²) < 4.78 is 4.78. The van der Waals surface area contributed by atoms with Gasteiger partial charge in [-0.1, -0.05) is 37.5 Å². The van der Waals surface area contributed by atoms with Gasteiger partial charge in [0, 0.05) is 12.0 Å². The second kappa shape index (κ2) is 8.06. The van der Waals surface area contributed by atoms with Crippen molar-refractivity contribution >= 4 is 11.8 Å². The first-order valence-electron chi connectivity index (χ1n) is 6.12. The Kier molecular flexibility index (Phi) is 6.34. The molecule has 4 heteroatoms. The van der Waals surface area contributed by atoms with Crippen molar-refractivity contribution in [3.05, 3.63) is 35.4 Å². The van der Waals surface area contributed by atoms with Gasteiger partial charge in [0.2, 0.25) is 0 Å². The number of aliphatic hydroxyl groups is 1. The number of benzene rings is 1. The van der Waals surface area contributed by atoms with Crippen LogP contribution in [0.25, 0.3) is 0 Å². The van der Waals surface area contributed by atoms with E-state index in [9.17, 15) is 9.59 Å². The highest BCUT2D eigenvalue weighted by atomic mass is 16.5. The van der Waals surface area contributed by atoms with Crippen LogP contribution in [-0.4, -0.2) is 23.5 Å². The van der Waals surface area contributed by atoms with Crippen LogP contribution in [0.3, 0.4) is 0 Å². The average molecular weight is 260 g/mol. The molecule has 0 aliphatic heterocycles. The maximum Gasteiger partial charge on any atom is 0.352 e. The van der Waals surface area contributed by atoms with E-state index in [2.05, 4.69) is 12.0 Å². The summed E-state index contributed by atoms with van der Waals surface area (Å²) in [5, 5.41) is 8.84. The fraction of sp³-hybridized carbons (Fsp3) is 0.333. The molecule has 0 aliphatic rings. The van der Waals surface area contributed by atoms with Crippen molar-refractivity contribution in [1.82, 2.24) is 0 Å². The number of ether oxygens (including phenoxy) is 1. The van der Waals surface area contributed by atoms with Crippen molar-refractivity contribution in [2.45, 2.75) is 26.2 Å². The van der Waals surface area contributed by atoms with E-state index in [1.807, 2.05) is 6.92 Å². The normalized spacial score (nSPS) is 9.37. The van der Waals surface area contributed by atoms with Crippen molar-refractivity contribution in [3.63, 3.8) is 0 Å². The average Bonchev–Trinajstić information content (AvgIpc) is 2.46. The number of ketones is 1. The molecule has 0 bridgehead atoms. The third kappa shape index (κ3) is 4.57. The molecule has 0 atom stereocenters. The van der Waals surface area contributed by atoms with Crippen LogP contribution in [0.5, 0.6) is 0 Å². The van der Waals surface area contributed by atoms with E-state index >= 15 is 0 Å². The highest BCUT2D eigenvalue weighted by Crippen LogP contribution is 2.10. The number of hydrogen-bond acceptors (Lipinski definition) is 4. The first-order chi connectivity index (χ1) is 9.20. The molecular formula is C15H16O4. The van der Waals surface area contributed by atoms with E-state index in [1.165, 1.54) is 12.1 Å². The molecule has 0 saturated heterocycles. The summed E-state index contributed by atoms with van der Waals surface area (Å²) >= 11 is 0. The molecule has 0 heterocycles. The maximum absolute atomic E-state index is 11.8. The molecule has 1 N–H and O–H groups in total. The van der Waals surface area contributed by atoms with Crippen LogP contribution < -0.4 is 0 Å². The molecule has 100 valence electrons. The van der Waals surface area contributed by atoms with Crippen LogP contribution in [0.2, 0.25) is 0 Å². The third-order valence-electron chi connectivity index (χ3n) is 2.46. The summed E-state index contributed by atoms with van der Waals surface area (Å²) in [5.74, 6) is 1.52. The number of rotatable bonds is 5. The Bertz CT molecular complexity index is 508. The standard InChI is InChI=1S/C15H16O4/c1-2-3-4-7-10-19-15(18)13-9-6-5-8-12(13)14(17)11-16/h5-6,8-9,16H,2-4,11H2,1H3. The number of esters is 1. The third-order valence-corrected chi connectivity index (χ3v) is 2.46. The smallest absolute Gasteiger partial charge is 0.352 e. The lowest BCUT2D eigenvalue weighted by molar-refractivity contribution is 0.0684. The molecule has 1 aromatic rings. The van der Waals surface area contributed by atoms with Crippen molar-refractivity contribution < 1.29 is 19.4 Å². The molecule has 0 radical (unpaired) electrons. The topological polar surface area (TPSA) is 63.6 Å². The summed E-state index contributed by atoms with van der Waals surface area (Å²) in [6, 6.07) is 6.18. The minimum atomic E-state index is -0.679. The van der Waals surface area contributed by atoms with Crippen LogP contribution in [-0.2, 0) is 4.74 Å². The van der Waals surface area contributed by atoms with Crippen LogP contribution in [0.15, 0.2) is 24.3 Å². The lowest BCUT2D eigenvalue weighted by Crippen LogP contribution is -2.12. The van der Waals surface area contributed by atoms with Gasteiger partial charge in [0.1, 0.15) is 12.7 Å². The van der Waals surface area contributed by atoms with Gasteiger partial charge >= 0.3 is 5.97 Å². The molecule has 0 aliphatic carbocycles. The minimum absolute atomic E-state index is 0.117. The van der Waals surface area contributed by atoms with E-state index in [0.717, 1.165) is 12.8 Å². The van der Waals surface area contributed by atoms with Crippen LogP contribution >= 0.6 is 0 Å². The number of carbonyl (C=O) groups is 2. The summed E-state index contributed by atoms with van der Waals surface area (Å²) in [7, 11) is 0. The summed E-state index contributed by atoms with van der Waals surface area (Å²) in [4.78, 5) is 23.2.